The van der Waals surface area contributed by atoms with Crippen molar-refractivity contribution in [2.75, 3.05) is 14.2 Å². The van der Waals surface area contributed by atoms with Crippen molar-refractivity contribution in [2.45, 2.75) is 0 Å². The number of carbonyl (C=O) groups is 1. The number of aldehydes is 1. The Balaban J connectivity index is 2.66. The van der Waals surface area contributed by atoms with Gasteiger partial charge in [0.25, 0.3) is 0 Å². The van der Waals surface area contributed by atoms with Crippen molar-refractivity contribution in [3.05, 3.63) is 36.2 Å². The Bertz CT molecular complexity index is 556. The molecule has 0 N–H and O–H groups in total. The van der Waals surface area contributed by atoms with Crippen LogP contribution in [0.25, 0.3) is 11.4 Å². The number of pyridine rings is 2. The van der Waals surface area contributed by atoms with Gasteiger partial charge in [-0.1, -0.05) is 6.07 Å². The van der Waals surface area contributed by atoms with Gasteiger partial charge in [-0.3, -0.25) is 9.78 Å². The van der Waals surface area contributed by atoms with Gasteiger partial charge in [-0.05, 0) is 12.1 Å². The lowest BCUT2D eigenvalue weighted by atomic mass is 10.1. The number of hydrogen-bond donors (Lipinski definition) is 0. The van der Waals surface area contributed by atoms with Crippen LogP contribution >= 0.6 is 0 Å². The molecule has 92 valence electrons. The van der Waals surface area contributed by atoms with E-state index in [0.29, 0.717) is 34.7 Å². The number of aromatic nitrogens is 2. The molecular formula is C13H12N2O3. The number of ether oxygens (including phenoxy) is 2. The van der Waals surface area contributed by atoms with Crippen LogP contribution in [0.15, 0.2) is 30.6 Å². The smallest absolute Gasteiger partial charge is 0.189 e. The molecule has 5 heteroatoms. The number of rotatable bonds is 4. The fraction of sp³-hybridized carbons (Fsp3) is 0.154. The van der Waals surface area contributed by atoms with Gasteiger partial charge in [0, 0.05) is 12.4 Å². The summed E-state index contributed by atoms with van der Waals surface area (Å²) in [6.45, 7) is 0. The zero-order chi connectivity index (χ0) is 13.0. The molecule has 2 aromatic heterocycles. The summed E-state index contributed by atoms with van der Waals surface area (Å²) in [6.07, 6.45) is 3.78. The van der Waals surface area contributed by atoms with E-state index < -0.39 is 0 Å². The molecule has 0 saturated carbocycles. The molecule has 0 radical (unpaired) electrons. The van der Waals surface area contributed by atoms with Gasteiger partial charge in [-0.25, -0.2) is 4.98 Å². The standard InChI is InChI=1S/C13H12N2O3/c1-17-12-9(8-16)7-15-11(13(12)18-2)10-5-3-4-6-14-10/h3-8H,1-2H3. The minimum absolute atomic E-state index is 0.342. The molecule has 0 aromatic carbocycles. The summed E-state index contributed by atoms with van der Waals surface area (Å²) in [6, 6.07) is 5.47. The van der Waals surface area contributed by atoms with Crippen LogP contribution in [0.1, 0.15) is 10.4 Å². The second-order valence-corrected chi connectivity index (χ2v) is 3.46. The van der Waals surface area contributed by atoms with Crippen molar-refractivity contribution in [1.82, 2.24) is 9.97 Å². The highest BCUT2D eigenvalue weighted by Gasteiger charge is 2.17. The molecule has 0 aliphatic heterocycles. The Morgan fingerprint density at radius 1 is 1.11 bits per heavy atom. The van der Waals surface area contributed by atoms with Gasteiger partial charge >= 0.3 is 0 Å². The van der Waals surface area contributed by atoms with Crippen LogP contribution in [0.3, 0.4) is 0 Å². The van der Waals surface area contributed by atoms with Crippen LogP contribution in [0, 0.1) is 0 Å². The highest BCUT2D eigenvalue weighted by Crippen LogP contribution is 2.37. The minimum Gasteiger partial charge on any atom is -0.492 e. The van der Waals surface area contributed by atoms with Crippen LogP contribution in [0.4, 0.5) is 0 Å². The Morgan fingerprint density at radius 3 is 2.44 bits per heavy atom. The van der Waals surface area contributed by atoms with E-state index in [-0.39, 0.29) is 0 Å². The van der Waals surface area contributed by atoms with Crippen LogP contribution in [0.5, 0.6) is 11.5 Å². The lowest BCUT2D eigenvalue weighted by molar-refractivity contribution is 0.111. The Morgan fingerprint density at radius 2 is 1.89 bits per heavy atom. The summed E-state index contributed by atoms with van der Waals surface area (Å²) >= 11 is 0. The molecule has 0 aliphatic rings. The summed E-state index contributed by atoms with van der Waals surface area (Å²) < 4.78 is 10.5. The maximum Gasteiger partial charge on any atom is 0.189 e. The zero-order valence-corrected chi connectivity index (χ0v) is 10.1. The first-order valence-corrected chi connectivity index (χ1v) is 5.29. The van der Waals surface area contributed by atoms with Crippen LogP contribution < -0.4 is 9.47 Å². The van der Waals surface area contributed by atoms with Crippen molar-refractivity contribution in [2.24, 2.45) is 0 Å². The number of methoxy groups -OCH3 is 2. The molecule has 0 amide bonds. The molecular weight excluding hydrogens is 232 g/mol. The van der Waals surface area contributed by atoms with E-state index in [4.69, 9.17) is 9.47 Å². The molecule has 2 heterocycles. The third-order valence-electron chi connectivity index (χ3n) is 2.46. The quantitative estimate of drug-likeness (QED) is 0.769. The molecule has 2 rings (SSSR count). The van der Waals surface area contributed by atoms with Crippen molar-refractivity contribution in [3.8, 4) is 22.9 Å². The first-order valence-electron chi connectivity index (χ1n) is 5.29. The normalized spacial score (nSPS) is 9.89. The molecule has 0 bridgehead atoms. The Labute approximate surface area is 104 Å². The minimum atomic E-state index is 0.342. The van der Waals surface area contributed by atoms with E-state index in [1.165, 1.54) is 20.4 Å². The monoisotopic (exact) mass is 244 g/mol. The van der Waals surface area contributed by atoms with Gasteiger partial charge in [0.1, 0.15) is 5.69 Å². The maximum atomic E-state index is 10.9. The first kappa shape index (κ1) is 12.0. The SMILES string of the molecule is COc1c(C=O)cnc(-c2ccccn2)c1OC. The zero-order valence-electron chi connectivity index (χ0n) is 10.1. The van der Waals surface area contributed by atoms with E-state index in [0.717, 1.165) is 0 Å². The topological polar surface area (TPSA) is 61.3 Å². The van der Waals surface area contributed by atoms with E-state index in [9.17, 15) is 4.79 Å². The summed E-state index contributed by atoms with van der Waals surface area (Å²) in [7, 11) is 2.98. The van der Waals surface area contributed by atoms with Crippen LogP contribution in [-0.4, -0.2) is 30.5 Å². The molecule has 0 fully saturated rings. The lowest BCUT2D eigenvalue weighted by Crippen LogP contribution is -2.00. The highest BCUT2D eigenvalue weighted by atomic mass is 16.5. The predicted molar refractivity (Wildman–Crippen MR) is 66.0 cm³/mol. The molecule has 0 aliphatic carbocycles. The Kier molecular flexibility index (Phi) is 3.52. The lowest BCUT2D eigenvalue weighted by Gasteiger charge is -2.12. The van der Waals surface area contributed by atoms with Crippen LogP contribution in [-0.2, 0) is 0 Å². The molecule has 0 unspecified atom stereocenters. The summed E-state index contributed by atoms with van der Waals surface area (Å²) in [5.74, 6) is 0.768. The van der Waals surface area contributed by atoms with Gasteiger partial charge in [0.15, 0.2) is 17.8 Å². The molecule has 18 heavy (non-hydrogen) atoms. The van der Waals surface area contributed by atoms with E-state index in [2.05, 4.69) is 9.97 Å². The molecule has 5 nitrogen and oxygen atoms in total. The number of nitrogens with zero attached hydrogens (tertiary/aromatic N) is 2. The molecule has 0 saturated heterocycles. The summed E-state index contributed by atoms with van der Waals surface area (Å²) in [4.78, 5) is 19.3. The third-order valence-corrected chi connectivity index (χ3v) is 2.46. The van der Waals surface area contributed by atoms with Crippen LogP contribution in [0.2, 0.25) is 0 Å². The maximum absolute atomic E-state index is 10.9. The summed E-state index contributed by atoms with van der Waals surface area (Å²) in [5.41, 5.74) is 1.54. The van der Waals surface area contributed by atoms with Gasteiger partial charge in [-0.15, -0.1) is 0 Å². The van der Waals surface area contributed by atoms with Crippen molar-refractivity contribution in [3.63, 3.8) is 0 Å². The predicted octanol–water partition coefficient (Wildman–Crippen LogP) is 1.97. The first-order chi connectivity index (χ1) is 8.81. The third kappa shape index (κ3) is 2.02. The average Bonchev–Trinajstić information content (AvgIpc) is 2.46. The van der Waals surface area contributed by atoms with Gasteiger partial charge in [-0.2, -0.15) is 0 Å². The molecule has 0 spiro atoms. The molecule has 2 aromatic rings. The molecule has 0 atom stereocenters. The van der Waals surface area contributed by atoms with Gasteiger partial charge in [0.05, 0.1) is 25.5 Å². The summed E-state index contributed by atoms with van der Waals surface area (Å²) in [5, 5.41) is 0. The largest absolute Gasteiger partial charge is 0.492 e. The Hall–Kier alpha value is -2.43. The number of carbonyl (C=O) groups excluding carboxylic acids is 1. The van der Waals surface area contributed by atoms with E-state index >= 15 is 0 Å². The highest BCUT2D eigenvalue weighted by molar-refractivity contribution is 5.83. The second kappa shape index (κ2) is 5.27. The number of hydrogen-bond acceptors (Lipinski definition) is 5. The van der Waals surface area contributed by atoms with E-state index in [1.54, 1.807) is 6.20 Å². The van der Waals surface area contributed by atoms with Crippen molar-refractivity contribution >= 4 is 6.29 Å². The fourth-order valence-electron chi connectivity index (χ4n) is 1.66. The fourth-order valence-corrected chi connectivity index (χ4v) is 1.66. The van der Waals surface area contributed by atoms with Crippen molar-refractivity contribution in [1.29, 1.82) is 0 Å². The van der Waals surface area contributed by atoms with Gasteiger partial charge < -0.3 is 9.47 Å². The van der Waals surface area contributed by atoms with Gasteiger partial charge in [0.2, 0.25) is 0 Å². The average molecular weight is 244 g/mol. The second-order valence-electron chi connectivity index (χ2n) is 3.46. The van der Waals surface area contributed by atoms with Crippen molar-refractivity contribution < 1.29 is 14.3 Å². The van der Waals surface area contributed by atoms with E-state index in [1.807, 2.05) is 18.2 Å².